The lowest BCUT2D eigenvalue weighted by atomic mass is 10.0. The van der Waals surface area contributed by atoms with Gasteiger partial charge in [-0.2, -0.15) is 18.3 Å². The Morgan fingerprint density at radius 2 is 1.80 bits per heavy atom. The lowest BCUT2D eigenvalue weighted by Gasteiger charge is -2.38. The SMILES string of the molecule is COc1cc(N2CCN(C(=O)Cn3nc(C(F)(F)F)c(Cl)c3C)CC2)c(C(C)NC(C)C)cc1Cl. The Morgan fingerprint density at radius 1 is 1.17 bits per heavy atom. The summed E-state index contributed by atoms with van der Waals surface area (Å²) < 4.78 is 45.7. The average molecular weight is 536 g/mol. The monoisotopic (exact) mass is 535 g/mol. The minimum absolute atomic E-state index is 0.0310. The van der Waals surface area contributed by atoms with Crippen molar-refractivity contribution in [3.8, 4) is 5.75 Å². The predicted octanol–water partition coefficient (Wildman–Crippen LogP) is 4.93. The Hall–Kier alpha value is -2.17. The molecule has 1 aliphatic heterocycles. The zero-order valence-corrected chi connectivity index (χ0v) is 21.9. The van der Waals surface area contributed by atoms with Gasteiger partial charge < -0.3 is 19.9 Å². The van der Waals surface area contributed by atoms with E-state index >= 15 is 0 Å². The van der Waals surface area contributed by atoms with Gasteiger partial charge in [0, 0.05) is 50.0 Å². The molecular weight excluding hydrogens is 506 g/mol. The smallest absolute Gasteiger partial charge is 0.436 e. The summed E-state index contributed by atoms with van der Waals surface area (Å²) in [4.78, 5) is 16.6. The van der Waals surface area contributed by atoms with Crippen LogP contribution in [0.4, 0.5) is 18.9 Å². The second kappa shape index (κ2) is 10.8. The van der Waals surface area contributed by atoms with Crippen LogP contribution in [-0.2, 0) is 17.5 Å². The highest BCUT2D eigenvalue weighted by Crippen LogP contribution is 2.37. The number of halogens is 5. The molecule has 0 radical (unpaired) electrons. The topological polar surface area (TPSA) is 62.6 Å². The van der Waals surface area contributed by atoms with Crippen molar-refractivity contribution in [1.29, 1.82) is 0 Å². The van der Waals surface area contributed by atoms with Crippen LogP contribution in [0.1, 0.15) is 43.8 Å². The summed E-state index contributed by atoms with van der Waals surface area (Å²) >= 11 is 12.2. The first-order valence-electron chi connectivity index (χ1n) is 11.3. The summed E-state index contributed by atoms with van der Waals surface area (Å²) in [5.74, 6) is 0.247. The molecule has 1 aromatic carbocycles. The first-order valence-corrected chi connectivity index (χ1v) is 12.0. The molecular formula is C23H30Cl2F3N5O2. The number of amides is 1. The molecule has 2 heterocycles. The molecule has 1 amide bonds. The Labute approximate surface area is 213 Å². The van der Waals surface area contributed by atoms with Crippen molar-refractivity contribution in [2.45, 2.75) is 52.5 Å². The Bertz CT molecular complexity index is 1070. The Kier molecular flexibility index (Phi) is 8.49. The summed E-state index contributed by atoms with van der Waals surface area (Å²) in [6.45, 7) is 9.22. The molecule has 0 saturated carbocycles. The fourth-order valence-electron chi connectivity index (χ4n) is 4.21. The molecule has 2 aromatic rings. The molecule has 1 atom stereocenters. The molecule has 1 fully saturated rings. The van der Waals surface area contributed by atoms with Gasteiger partial charge in [-0.3, -0.25) is 9.48 Å². The van der Waals surface area contributed by atoms with Crippen LogP contribution in [-0.4, -0.2) is 59.9 Å². The molecule has 7 nitrogen and oxygen atoms in total. The van der Waals surface area contributed by atoms with Crippen molar-refractivity contribution in [3.63, 3.8) is 0 Å². The van der Waals surface area contributed by atoms with Crippen molar-refractivity contribution in [2.75, 3.05) is 38.2 Å². The molecule has 0 bridgehead atoms. The van der Waals surface area contributed by atoms with E-state index in [1.165, 1.54) is 6.92 Å². The largest absolute Gasteiger partial charge is 0.495 e. The fourth-order valence-corrected chi connectivity index (χ4v) is 4.70. The van der Waals surface area contributed by atoms with Crippen LogP contribution in [0.5, 0.6) is 5.75 Å². The molecule has 1 saturated heterocycles. The van der Waals surface area contributed by atoms with Crippen LogP contribution in [0, 0.1) is 6.92 Å². The first-order chi connectivity index (χ1) is 16.3. The van der Waals surface area contributed by atoms with Crippen LogP contribution in [0.25, 0.3) is 0 Å². The molecule has 1 aromatic heterocycles. The number of ether oxygens (including phenoxy) is 1. The van der Waals surface area contributed by atoms with Crippen LogP contribution in [0.3, 0.4) is 0 Å². The number of benzene rings is 1. The highest BCUT2D eigenvalue weighted by atomic mass is 35.5. The van der Waals surface area contributed by atoms with E-state index in [0.29, 0.717) is 37.0 Å². The Balaban J connectivity index is 1.74. The first kappa shape index (κ1) is 27.4. The number of nitrogens with zero attached hydrogens (tertiary/aromatic N) is 4. The Morgan fingerprint density at radius 3 is 2.31 bits per heavy atom. The van der Waals surface area contributed by atoms with Gasteiger partial charge in [-0.05, 0) is 25.5 Å². The maximum atomic E-state index is 13.1. The van der Waals surface area contributed by atoms with Gasteiger partial charge in [0.15, 0.2) is 5.69 Å². The predicted molar refractivity (Wildman–Crippen MR) is 130 cm³/mol. The maximum Gasteiger partial charge on any atom is 0.436 e. The molecule has 0 aliphatic carbocycles. The van der Waals surface area contributed by atoms with E-state index in [9.17, 15) is 18.0 Å². The highest BCUT2D eigenvalue weighted by Gasteiger charge is 2.38. The number of nitrogens with one attached hydrogen (secondary N) is 1. The third-order valence-electron chi connectivity index (χ3n) is 6.01. The second-order valence-electron chi connectivity index (χ2n) is 8.86. The van der Waals surface area contributed by atoms with Crippen LogP contribution in [0.15, 0.2) is 12.1 Å². The van der Waals surface area contributed by atoms with Gasteiger partial charge in [0.1, 0.15) is 12.3 Å². The number of anilines is 1. The third kappa shape index (κ3) is 6.16. The molecule has 12 heteroatoms. The number of carbonyl (C=O) groups excluding carboxylic acids is 1. The van der Waals surface area contributed by atoms with E-state index in [0.717, 1.165) is 15.9 Å². The normalized spacial score (nSPS) is 15.6. The van der Waals surface area contributed by atoms with Gasteiger partial charge in [-0.15, -0.1) is 0 Å². The van der Waals surface area contributed by atoms with E-state index in [1.807, 2.05) is 12.1 Å². The minimum atomic E-state index is -4.68. The van der Waals surface area contributed by atoms with Crippen molar-refractivity contribution in [2.24, 2.45) is 0 Å². The van der Waals surface area contributed by atoms with Crippen molar-refractivity contribution < 1.29 is 22.7 Å². The van der Waals surface area contributed by atoms with Crippen molar-refractivity contribution >= 4 is 34.8 Å². The maximum absolute atomic E-state index is 13.1. The second-order valence-corrected chi connectivity index (χ2v) is 9.65. The number of alkyl halides is 3. The van der Waals surface area contributed by atoms with Gasteiger partial charge in [-0.25, -0.2) is 0 Å². The van der Waals surface area contributed by atoms with Gasteiger partial charge in [-0.1, -0.05) is 37.0 Å². The summed E-state index contributed by atoms with van der Waals surface area (Å²) in [6.07, 6.45) is -4.68. The lowest BCUT2D eigenvalue weighted by molar-refractivity contribution is -0.142. The molecule has 1 N–H and O–H groups in total. The van der Waals surface area contributed by atoms with Gasteiger partial charge >= 0.3 is 6.18 Å². The minimum Gasteiger partial charge on any atom is -0.495 e. The molecule has 3 rings (SSSR count). The van der Waals surface area contributed by atoms with Gasteiger partial charge in [0.25, 0.3) is 0 Å². The molecule has 0 spiro atoms. The van der Waals surface area contributed by atoms with E-state index in [2.05, 4.69) is 36.1 Å². The lowest BCUT2D eigenvalue weighted by Crippen LogP contribution is -2.50. The molecule has 1 unspecified atom stereocenters. The number of hydrogen-bond donors (Lipinski definition) is 1. The van der Waals surface area contributed by atoms with Crippen LogP contribution >= 0.6 is 23.2 Å². The van der Waals surface area contributed by atoms with Crippen molar-refractivity contribution in [3.05, 3.63) is 39.1 Å². The van der Waals surface area contributed by atoms with E-state index < -0.39 is 16.9 Å². The molecule has 35 heavy (non-hydrogen) atoms. The van der Waals surface area contributed by atoms with Crippen LogP contribution in [0.2, 0.25) is 10.0 Å². The van der Waals surface area contributed by atoms with Crippen LogP contribution < -0.4 is 15.0 Å². The molecule has 194 valence electrons. The quantitative estimate of drug-likeness (QED) is 0.544. The van der Waals surface area contributed by atoms with Crippen molar-refractivity contribution in [1.82, 2.24) is 20.0 Å². The molecule has 1 aliphatic rings. The number of rotatable bonds is 7. The van der Waals surface area contributed by atoms with E-state index in [-0.39, 0.29) is 30.2 Å². The fraction of sp³-hybridized carbons (Fsp3) is 0.565. The summed E-state index contributed by atoms with van der Waals surface area (Å²) in [7, 11) is 1.56. The number of methoxy groups -OCH3 is 1. The summed E-state index contributed by atoms with van der Waals surface area (Å²) in [6, 6.07) is 4.10. The highest BCUT2D eigenvalue weighted by molar-refractivity contribution is 6.32. The number of piperazine rings is 1. The average Bonchev–Trinajstić information content (AvgIpc) is 3.07. The summed E-state index contributed by atoms with van der Waals surface area (Å²) in [5, 5.41) is 7.05. The van der Waals surface area contributed by atoms with E-state index in [4.69, 9.17) is 27.9 Å². The zero-order valence-electron chi connectivity index (χ0n) is 20.3. The third-order valence-corrected chi connectivity index (χ3v) is 6.76. The number of carbonyl (C=O) groups is 1. The summed E-state index contributed by atoms with van der Waals surface area (Å²) in [5.41, 5.74) is 0.910. The van der Waals surface area contributed by atoms with Gasteiger partial charge in [0.2, 0.25) is 5.91 Å². The zero-order chi connectivity index (χ0) is 26.1. The number of aromatic nitrogens is 2. The van der Waals surface area contributed by atoms with Gasteiger partial charge in [0.05, 0.1) is 22.8 Å². The standard InChI is InChI=1S/C23H30Cl2F3N5O2/c1-13(2)29-14(3)16-10-17(24)19(35-5)11-18(16)31-6-8-32(9-7-31)20(34)12-33-15(4)21(25)22(30-33)23(26,27)28/h10-11,13-14,29H,6-9,12H2,1-5H3. The number of hydrogen-bond acceptors (Lipinski definition) is 5. The van der Waals surface area contributed by atoms with E-state index in [1.54, 1.807) is 12.0 Å².